The largest absolute Gasteiger partial charge is 0.340 e. The maximum absolute atomic E-state index is 12.5. The Morgan fingerprint density at radius 2 is 1.71 bits per heavy atom. The lowest BCUT2D eigenvalue weighted by Gasteiger charge is -2.22. The van der Waals surface area contributed by atoms with Gasteiger partial charge in [0.2, 0.25) is 5.91 Å². The van der Waals surface area contributed by atoms with Gasteiger partial charge < -0.3 is 10.6 Å². The number of hydrogen-bond acceptors (Lipinski definition) is 2. The lowest BCUT2D eigenvalue weighted by Crippen LogP contribution is -2.47. The third-order valence-corrected chi connectivity index (χ3v) is 3.88. The van der Waals surface area contributed by atoms with Gasteiger partial charge >= 0.3 is 0 Å². The van der Waals surface area contributed by atoms with Gasteiger partial charge in [-0.15, -0.1) is 0 Å². The maximum Gasteiger partial charge on any atom is 0.251 e. The maximum atomic E-state index is 12.5. The molecule has 0 aliphatic carbocycles. The molecule has 1 unspecified atom stereocenters. The van der Waals surface area contributed by atoms with Crippen LogP contribution in [-0.2, 0) is 4.79 Å². The molecule has 1 atom stereocenters. The smallest absolute Gasteiger partial charge is 0.251 e. The highest BCUT2D eigenvalue weighted by atomic mass is 35.5. The molecule has 0 saturated carbocycles. The topological polar surface area (TPSA) is 58.2 Å². The molecule has 2 aromatic carbocycles. The molecule has 126 valence electrons. The number of halogens is 1. The second kappa shape index (κ2) is 7.97. The monoisotopic (exact) mass is 344 g/mol. The summed E-state index contributed by atoms with van der Waals surface area (Å²) in [6.45, 7) is 5.70. The van der Waals surface area contributed by atoms with E-state index in [9.17, 15) is 9.59 Å². The standard InChI is InChI=1S/C19H21ClN2O2/c1-12(2)17(19(24)21-16-9-7-15(20)8-10-16)22-18(23)14-6-4-5-13(3)11-14/h4-12,17H,1-3H3,(H,21,24)(H,22,23). The van der Waals surface area contributed by atoms with E-state index in [4.69, 9.17) is 11.6 Å². The summed E-state index contributed by atoms with van der Waals surface area (Å²) in [5.74, 6) is -0.567. The molecule has 5 heteroatoms. The van der Waals surface area contributed by atoms with Crippen LogP contribution >= 0.6 is 11.6 Å². The van der Waals surface area contributed by atoms with Crippen molar-refractivity contribution in [2.75, 3.05) is 5.32 Å². The van der Waals surface area contributed by atoms with Crippen LogP contribution in [0.3, 0.4) is 0 Å². The fourth-order valence-corrected chi connectivity index (χ4v) is 2.43. The van der Waals surface area contributed by atoms with Gasteiger partial charge in [-0.2, -0.15) is 0 Å². The van der Waals surface area contributed by atoms with E-state index in [-0.39, 0.29) is 17.7 Å². The molecule has 24 heavy (non-hydrogen) atoms. The highest BCUT2D eigenvalue weighted by Crippen LogP contribution is 2.15. The van der Waals surface area contributed by atoms with E-state index in [1.54, 1.807) is 36.4 Å². The molecule has 2 rings (SSSR count). The quantitative estimate of drug-likeness (QED) is 0.860. The molecule has 0 bridgehead atoms. The van der Waals surface area contributed by atoms with Crippen molar-refractivity contribution >= 4 is 29.1 Å². The summed E-state index contributed by atoms with van der Waals surface area (Å²) in [4.78, 5) is 24.9. The van der Waals surface area contributed by atoms with Gasteiger partial charge in [-0.3, -0.25) is 9.59 Å². The average molecular weight is 345 g/mol. The van der Waals surface area contributed by atoms with Crippen LogP contribution in [0.2, 0.25) is 5.02 Å². The highest BCUT2D eigenvalue weighted by molar-refractivity contribution is 6.30. The zero-order chi connectivity index (χ0) is 17.7. The van der Waals surface area contributed by atoms with Crippen LogP contribution < -0.4 is 10.6 Å². The number of carbonyl (C=O) groups excluding carboxylic acids is 2. The minimum atomic E-state index is -0.631. The predicted molar refractivity (Wildman–Crippen MR) is 97.4 cm³/mol. The Kier molecular flexibility index (Phi) is 5.99. The van der Waals surface area contributed by atoms with Gasteiger partial charge in [0.15, 0.2) is 0 Å². The van der Waals surface area contributed by atoms with Gasteiger partial charge in [-0.1, -0.05) is 43.1 Å². The molecule has 0 heterocycles. The Labute approximate surface area is 147 Å². The number of nitrogens with one attached hydrogen (secondary N) is 2. The van der Waals surface area contributed by atoms with Gasteiger partial charge in [-0.05, 0) is 49.2 Å². The van der Waals surface area contributed by atoms with E-state index in [1.807, 2.05) is 32.9 Å². The fraction of sp³-hybridized carbons (Fsp3) is 0.263. The molecule has 2 amide bonds. The molecule has 0 spiro atoms. The first-order chi connectivity index (χ1) is 11.4. The van der Waals surface area contributed by atoms with Crippen molar-refractivity contribution in [1.82, 2.24) is 5.32 Å². The Hall–Kier alpha value is -2.33. The van der Waals surface area contributed by atoms with Gasteiger partial charge in [0, 0.05) is 16.3 Å². The van der Waals surface area contributed by atoms with Crippen molar-refractivity contribution in [3.63, 3.8) is 0 Å². The lowest BCUT2D eigenvalue weighted by atomic mass is 10.0. The number of rotatable bonds is 5. The molecule has 0 aliphatic rings. The summed E-state index contributed by atoms with van der Waals surface area (Å²) in [6, 6.07) is 13.5. The number of carbonyl (C=O) groups is 2. The van der Waals surface area contributed by atoms with Crippen molar-refractivity contribution in [1.29, 1.82) is 0 Å². The van der Waals surface area contributed by atoms with E-state index >= 15 is 0 Å². The van der Waals surface area contributed by atoms with Crippen molar-refractivity contribution in [2.24, 2.45) is 5.92 Å². The van der Waals surface area contributed by atoms with Crippen LogP contribution in [0.5, 0.6) is 0 Å². The summed E-state index contributed by atoms with van der Waals surface area (Å²) in [6.07, 6.45) is 0. The molecule has 0 saturated heterocycles. The molecule has 2 aromatic rings. The number of benzene rings is 2. The van der Waals surface area contributed by atoms with Crippen molar-refractivity contribution in [3.8, 4) is 0 Å². The second-order valence-electron chi connectivity index (χ2n) is 6.06. The van der Waals surface area contributed by atoms with Crippen molar-refractivity contribution in [2.45, 2.75) is 26.8 Å². The molecule has 0 radical (unpaired) electrons. The van der Waals surface area contributed by atoms with Crippen LogP contribution in [0.15, 0.2) is 48.5 Å². The zero-order valence-electron chi connectivity index (χ0n) is 14.0. The molecule has 0 aromatic heterocycles. The summed E-state index contributed by atoms with van der Waals surface area (Å²) in [7, 11) is 0. The third kappa shape index (κ3) is 4.83. The lowest BCUT2D eigenvalue weighted by molar-refractivity contribution is -0.118. The highest BCUT2D eigenvalue weighted by Gasteiger charge is 2.24. The number of aryl methyl sites for hydroxylation is 1. The van der Waals surface area contributed by atoms with Crippen LogP contribution in [0.4, 0.5) is 5.69 Å². The minimum absolute atomic E-state index is 0.0499. The Balaban J connectivity index is 2.09. The normalized spacial score (nSPS) is 11.9. The molecule has 2 N–H and O–H groups in total. The molecular formula is C19H21ClN2O2. The second-order valence-corrected chi connectivity index (χ2v) is 6.50. The van der Waals surface area contributed by atoms with E-state index in [1.165, 1.54) is 0 Å². The summed E-state index contributed by atoms with van der Waals surface area (Å²) in [5, 5.41) is 6.22. The van der Waals surface area contributed by atoms with E-state index < -0.39 is 6.04 Å². The van der Waals surface area contributed by atoms with Crippen molar-refractivity contribution in [3.05, 3.63) is 64.7 Å². The Morgan fingerprint density at radius 3 is 2.29 bits per heavy atom. The van der Waals surface area contributed by atoms with Crippen molar-refractivity contribution < 1.29 is 9.59 Å². The molecule has 0 aliphatic heterocycles. The van der Waals surface area contributed by atoms with E-state index in [2.05, 4.69) is 10.6 Å². The molecule has 4 nitrogen and oxygen atoms in total. The zero-order valence-corrected chi connectivity index (χ0v) is 14.7. The number of anilines is 1. The van der Waals surface area contributed by atoms with Crippen LogP contribution in [0.1, 0.15) is 29.8 Å². The SMILES string of the molecule is Cc1cccc(C(=O)NC(C(=O)Nc2ccc(Cl)cc2)C(C)C)c1. The summed E-state index contributed by atoms with van der Waals surface area (Å²) >= 11 is 5.84. The summed E-state index contributed by atoms with van der Waals surface area (Å²) in [5.41, 5.74) is 2.18. The number of hydrogen-bond donors (Lipinski definition) is 2. The fourth-order valence-electron chi connectivity index (χ4n) is 2.30. The average Bonchev–Trinajstić information content (AvgIpc) is 2.54. The minimum Gasteiger partial charge on any atom is -0.340 e. The van der Waals surface area contributed by atoms with E-state index in [0.29, 0.717) is 16.3 Å². The molecular weight excluding hydrogens is 324 g/mol. The first-order valence-corrected chi connectivity index (χ1v) is 8.18. The van der Waals surface area contributed by atoms with Crippen LogP contribution in [0.25, 0.3) is 0 Å². The predicted octanol–water partition coefficient (Wildman–Crippen LogP) is 4.04. The van der Waals surface area contributed by atoms with Crippen LogP contribution in [0, 0.1) is 12.8 Å². The van der Waals surface area contributed by atoms with E-state index in [0.717, 1.165) is 5.56 Å². The van der Waals surface area contributed by atoms with Gasteiger partial charge in [-0.25, -0.2) is 0 Å². The van der Waals surface area contributed by atoms with Gasteiger partial charge in [0.05, 0.1) is 0 Å². The third-order valence-electron chi connectivity index (χ3n) is 3.63. The number of amides is 2. The van der Waals surface area contributed by atoms with Crippen LogP contribution in [-0.4, -0.2) is 17.9 Å². The Bertz CT molecular complexity index is 726. The summed E-state index contributed by atoms with van der Waals surface area (Å²) < 4.78 is 0. The first kappa shape index (κ1) is 18.0. The van der Waals surface area contributed by atoms with Gasteiger partial charge in [0.25, 0.3) is 5.91 Å². The first-order valence-electron chi connectivity index (χ1n) is 7.81. The van der Waals surface area contributed by atoms with Gasteiger partial charge in [0.1, 0.15) is 6.04 Å². The Morgan fingerprint density at radius 1 is 1.04 bits per heavy atom. The molecule has 0 fully saturated rings.